The van der Waals surface area contributed by atoms with Gasteiger partial charge in [-0.05, 0) is 118 Å². The van der Waals surface area contributed by atoms with Gasteiger partial charge in [0.25, 0.3) is 0 Å². The van der Waals surface area contributed by atoms with Crippen LogP contribution in [0.5, 0.6) is 0 Å². The van der Waals surface area contributed by atoms with E-state index in [0.717, 1.165) is 60.9 Å². The Morgan fingerprint density at radius 1 is 0.972 bits per heavy atom. The number of benzene rings is 1. The summed E-state index contributed by atoms with van der Waals surface area (Å²) in [6, 6.07) is 8.93. The highest BCUT2D eigenvalue weighted by molar-refractivity contribution is 5.49. The molecule has 4 rings (SSSR count). The second kappa shape index (κ2) is 12.9. The fraction of sp³-hybridized carbons (Fsp3) is 0.618. The highest BCUT2D eigenvalue weighted by Gasteiger charge is 2.35. The van der Waals surface area contributed by atoms with E-state index in [9.17, 15) is 9.90 Å². The molecule has 0 aliphatic heterocycles. The van der Waals surface area contributed by atoms with Crippen LogP contribution >= 0.6 is 0 Å². The summed E-state index contributed by atoms with van der Waals surface area (Å²) in [6.45, 7) is 4.34. The zero-order valence-electron chi connectivity index (χ0n) is 22.6. The molecule has 1 aromatic rings. The Morgan fingerprint density at radius 2 is 1.64 bits per heavy atom. The van der Waals surface area contributed by atoms with Crippen molar-refractivity contribution in [2.24, 2.45) is 23.2 Å². The molecule has 2 atom stereocenters. The van der Waals surface area contributed by atoms with Crippen LogP contribution in [-0.2, 0) is 4.79 Å². The van der Waals surface area contributed by atoms with E-state index in [1.165, 1.54) is 63.4 Å². The highest BCUT2D eigenvalue weighted by Crippen LogP contribution is 2.46. The molecule has 2 saturated carbocycles. The van der Waals surface area contributed by atoms with Crippen molar-refractivity contribution < 1.29 is 9.90 Å². The zero-order valence-corrected chi connectivity index (χ0v) is 22.6. The summed E-state index contributed by atoms with van der Waals surface area (Å²) in [6.07, 6.45) is 23.2. The maximum absolute atomic E-state index is 10.6. The first-order chi connectivity index (χ1) is 17.4. The Bertz CT molecular complexity index is 957. The molecule has 0 amide bonds. The number of aliphatic hydroxyl groups excluding tert-OH is 1. The quantitative estimate of drug-likeness (QED) is 0.297. The van der Waals surface area contributed by atoms with Gasteiger partial charge in [-0.3, -0.25) is 0 Å². The van der Waals surface area contributed by atoms with E-state index >= 15 is 0 Å². The zero-order chi connectivity index (χ0) is 25.4. The van der Waals surface area contributed by atoms with E-state index in [1.54, 1.807) is 0 Å². The molecule has 0 radical (unpaired) electrons. The molecule has 2 fully saturated rings. The fourth-order valence-electron chi connectivity index (χ4n) is 6.80. The minimum absolute atomic E-state index is 0.158. The monoisotopic (exact) mass is 486 g/mol. The first-order valence-corrected chi connectivity index (χ1v) is 14.6. The minimum atomic E-state index is -0.158. The standard InChI is InChI=1S/C34H46O2/c1-26(36)5-6-28-13-19-33(20-14-28)34(2)23-21-30(22-24-34)8-7-29-11-17-32(18-12-29)31-15-9-27(10-16-31)4-3-25-35/h11-12,17-18,21-23,25-28,31,33,36H,3-6,9-10,13-16,19-20,24H2,1-2H3. The average molecular weight is 487 g/mol. The lowest BCUT2D eigenvalue weighted by Crippen LogP contribution is -2.30. The van der Waals surface area contributed by atoms with Gasteiger partial charge in [-0.1, -0.05) is 62.0 Å². The summed E-state index contributed by atoms with van der Waals surface area (Å²) >= 11 is 0. The second-order valence-corrected chi connectivity index (χ2v) is 12.2. The molecule has 0 saturated heterocycles. The van der Waals surface area contributed by atoms with E-state index in [4.69, 9.17) is 0 Å². The van der Waals surface area contributed by atoms with Gasteiger partial charge < -0.3 is 9.90 Å². The number of rotatable bonds is 8. The molecule has 2 unspecified atom stereocenters. The SMILES string of the molecule is CC(O)CCC1CCC(C2(C)C=CC(C#Cc3ccc(C4CCC(CCC=O)CC4)cc3)=CC2)CC1. The van der Waals surface area contributed by atoms with E-state index in [0.29, 0.717) is 5.92 Å². The van der Waals surface area contributed by atoms with Crippen LogP contribution in [0.1, 0.15) is 114 Å². The Kier molecular flexibility index (Phi) is 9.66. The molecule has 0 heterocycles. The number of carbonyl (C=O) groups excluding carboxylic acids is 1. The smallest absolute Gasteiger partial charge is 0.120 e. The Balaban J connectivity index is 1.25. The van der Waals surface area contributed by atoms with E-state index in [1.807, 2.05) is 6.92 Å². The average Bonchev–Trinajstić information content (AvgIpc) is 2.91. The molecule has 2 heteroatoms. The van der Waals surface area contributed by atoms with Crippen molar-refractivity contribution in [3.05, 3.63) is 59.2 Å². The van der Waals surface area contributed by atoms with Gasteiger partial charge in [-0.25, -0.2) is 0 Å². The third kappa shape index (κ3) is 7.45. The molecule has 0 spiro atoms. The van der Waals surface area contributed by atoms with Crippen LogP contribution in [0.4, 0.5) is 0 Å². The van der Waals surface area contributed by atoms with E-state index in [2.05, 4.69) is 61.3 Å². The molecule has 1 N–H and O–H groups in total. The first kappa shape index (κ1) is 26.9. The lowest BCUT2D eigenvalue weighted by Gasteiger charge is -2.41. The first-order valence-electron chi connectivity index (χ1n) is 14.6. The minimum Gasteiger partial charge on any atom is -0.393 e. The lowest BCUT2D eigenvalue weighted by atomic mass is 9.64. The topological polar surface area (TPSA) is 37.3 Å². The van der Waals surface area contributed by atoms with Gasteiger partial charge in [0.1, 0.15) is 6.29 Å². The van der Waals surface area contributed by atoms with Gasteiger partial charge in [0.2, 0.25) is 0 Å². The van der Waals surface area contributed by atoms with Crippen LogP contribution in [0.25, 0.3) is 0 Å². The van der Waals surface area contributed by atoms with Crippen molar-refractivity contribution in [3.8, 4) is 11.8 Å². The van der Waals surface area contributed by atoms with Gasteiger partial charge in [-0.2, -0.15) is 0 Å². The third-order valence-electron chi connectivity index (χ3n) is 9.45. The molecule has 2 nitrogen and oxygen atoms in total. The molecule has 3 aliphatic carbocycles. The van der Waals surface area contributed by atoms with Crippen LogP contribution in [0, 0.1) is 35.0 Å². The van der Waals surface area contributed by atoms with Crippen LogP contribution in [0.15, 0.2) is 48.1 Å². The van der Waals surface area contributed by atoms with Crippen molar-refractivity contribution in [2.45, 2.75) is 109 Å². The van der Waals surface area contributed by atoms with Gasteiger partial charge in [0.05, 0.1) is 6.10 Å². The molecule has 1 aromatic carbocycles. The number of hydrogen-bond donors (Lipinski definition) is 1. The van der Waals surface area contributed by atoms with E-state index in [-0.39, 0.29) is 11.5 Å². The fourth-order valence-corrected chi connectivity index (χ4v) is 6.80. The van der Waals surface area contributed by atoms with Crippen molar-refractivity contribution in [1.29, 1.82) is 0 Å². The number of allylic oxidation sites excluding steroid dienone is 4. The van der Waals surface area contributed by atoms with Crippen LogP contribution in [0.3, 0.4) is 0 Å². The highest BCUT2D eigenvalue weighted by atomic mass is 16.3. The summed E-state index contributed by atoms with van der Waals surface area (Å²) in [5, 5.41) is 9.58. The third-order valence-corrected chi connectivity index (χ3v) is 9.45. The number of hydrogen-bond acceptors (Lipinski definition) is 2. The maximum Gasteiger partial charge on any atom is 0.120 e. The summed E-state index contributed by atoms with van der Waals surface area (Å²) < 4.78 is 0. The lowest BCUT2D eigenvalue weighted by molar-refractivity contribution is -0.108. The Morgan fingerprint density at radius 3 is 2.25 bits per heavy atom. The number of aliphatic hydroxyl groups is 1. The van der Waals surface area contributed by atoms with E-state index < -0.39 is 0 Å². The predicted octanol–water partition coefficient (Wildman–Crippen LogP) is 8.15. The summed E-state index contributed by atoms with van der Waals surface area (Å²) in [4.78, 5) is 10.6. The van der Waals surface area contributed by atoms with Gasteiger partial charge in [0.15, 0.2) is 0 Å². The van der Waals surface area contributed by atoms with Crippen molar-refractivity contribution in [2.75, 3.05) is 0 Å². The van der Waals surface area contributed by atoms with Crippen LogP contribution in [0.2, 0.25) is 0 Å². The van der Waals surface area contributed by atoms with Crippen molar-refractivity contribution in [3.63, 3.8) is 0 Å². The molecule has 3 aliphatic rings. The van der Waals surface area contributed by atoms with Crippen molar-refractivity contribution in [1.82, 2.24) is 0 Å². The predicted molar refractivity (Wildman–Crippen MR) is 150 cm³/mol. The molecule has 194 valence electrons. The summed E-state index contributed by atoms with van der Waals surface area (Å²) in [5.74, 6) is 9.76. The van der Waals surface area contributed by atoms with Crippen LogP contribution in [-0.4, -0.2) is 17.5 Å². The largest absolute Gasteiger partial charge is 0.393 e. The number of aldehydes is 1. The molecule has 36 heavy (non-hydrogen) atoms. The molecule has 0 bridgehead atoms. The normalized spacial score (nSPS) is 31.1. The summed E-state index contributed by atoms with van der Waals surface area (Å²) in [7, 11) is 0. The maximum atomic E-state index is 10.6. The molecular weight excluding hydrogens is 440 g/mol. The van der Waals surface area contributed by atoms with Gasteiger partial charge in [-0.15, -0.1) is 0 Å². The van der Waals surface area contributed by atoms with Gasteiger partial charge in [0, 0.05) is 17.6 Å². The molecule has 0 aromatic heterocycles. The number of carbonyl (C=O) groups is 1. The summed E-state index contributed by atoms with van der Waals surface area (Å²) in [5.41, 5.74) is 3.95. The second-order valence-electron chi connectivity index (χ2n) is 12.2. The van der Waals surface area contributed by atoms with Crippen molar-refractivity contribution >= 4 is 6.29 Å². The van der Waals surface area contributed by atoms with Crippen LogP contribution < -0.4 is 0 Å². The molecular formula is C34H46O2. The Hall–Kier alpha value is -2.11. The Labute approximate surface area is 219 Å². The van der Waals surface area contributed by atoms with Gasteiger partial charge >= 0.3 is 0 Å².